The quantitative estimate of drug-likeness (QED) is 0.334. The van der Waals surface area contributed by atoms with Crippen LogP contribution in [0, 0.1) is 5.92 Å². The SMILES string of the molecule is C=C(C)C1OCCC1CN=C(N)NC1CCCCC1.I. The average Bonchev–Trinajstić information content (AvgIpc) is 2.86. The highest BCUT2D eigenvalue weighted by molar-refractivity contribution is 14.0. The molecule has 2 aliphatic rings. The lowest BCUT2D eigenvalue weighted by Gasteiger charge is -2.23. The average molecular weight is 393 g/mol. The van der Waals surface area contributed by atoms with Gasteiger partial charge in [0, 0.05) is 25.1 Å². The molecule has 2 atom stereocenters. The molecule has 0 bridgehead atoms. The van der Waals surface area contributed by atoms with Crippen LogP contribution in [0.25, 0.3) is 0 Å². The van der Waals surface area contributed by atoms with Crippen molar-refractivity contribution in [2.24, 2.45) is 16.6 Å². The number of hydrogen-bond donors (Lipinski definition) is 2. The first-order valence-electron chi connectivity index (χ1n) is 7.50. The molecule has 5 heteroatoms. The third-order valence-electron chi connectivity index (χ3n) is 4.15. The first-order chi connectivity index (χ1) is 9.16. The minimum Gasteiger partial charge on any atom is -0.374 e. The van der Waals surface area contributed by atoms with E-state index in [0.29, 0.717) is 17.9 Å². The minimum atomic E-state index is 0. The van der Waals surface area contributed by atoms with Gasteiger partial charge in [-0.25, -0.2) is 0 Å². The Morgan fingerprint density at radius 1 is 1.30 bits per heavy atom. The number of guanidine groups is 1. The molecule has 0 radical (unpaired) electrons. The summed E-state index contributed by atoms with van der Waals surface area (Å²) in [4.78, 5) is 4.50. The summed E-state index contributed by atoms with van der Waals surface area (Å²) in [5.74, 6) is 1.03. The molecule has 1 saturated heterocycles. The maximum Gasteiger partial charge on any atom is 0.188 e. The van der Waals surface area contributed by atoms with E-state index < -0.39 is 0 Å². The van der Waals surface area contributed by atoms with E-state index >= 15 is 0 Å². The van der Waals surface area contributed by atoms with Crippen molar-refractivity contribution >= 4 is 29.9 Å². The lowest BCUT2D eigenvalue weighted by atomic mass is 9.96. The second-order valence-corrected chi connectivity index (χ2v) is 5.89. The van der Waals surface area contributed by atoms with Crippen LogP contribution in [-0.2, 0) is 4.74 Å². The van der Waals surface area contributed by atoms with E-state index in [4.69, 9.17) is 10.5 Å². The van der Waals surface area contributed by atoms with Crippen LogP contribution in [0.2, 0.25) is 0 Å². The molecule has 4 nitrogen and oxygen atoms in total. The van der Waals surface area contributed by atoms with Gasteiger partial charge in [0.1, 0.15) is 0 Å². The third-order valence-corrected chi connectivity index (χ3v) is 4.15. The number of nitrogens with one attached hydrogen (secondary N) is 1. The van der Waals surface area contributed by atoms with Gasteiger partial charge in [0.05, 0.1) is 6.10 Å². The molecule has 0 amide bonds. The van der Waals surface area contributed by atoms with Crippen molar-refractivity contribution in [1.82, 2.24) is 5.32 Å². The third kappa shape index (κ3) is 5.24. The zero-order valence-electron chi connectivity index (χ0n) is 12.4. The van der Waals surface area contributed by atoms with Gasteiger partial charge in [-0.15, -0.1) is 24.0 Å². The van der Waals surface area contributed by atoms with Crippen molar-refractivity contribution in [2.75, 3.05) is 13.2 Å². The minimum absolute atomic E-state index is 0. The molecule has 116 valence electrons. The Labute approximate surface area is 139 Å². The standard InChI is InChI=1S/C15H27N3O.HI/c1-11(2)14-12(8-9-19-14)10-17-15(16)18-13-6-4-3-5-7-13;/h12-14H,1,3-10H2,2H3,(H3,16,17,18);1H. The van der Waals surface area contributed by atoms with Crippen molar-refractivity contribution in [1.29, 1.82) is 0 Å². The molecule has 2 unspecified atom stereocenters. The summed E-state index contributed by atoms with van der Waals surface area (Å²) in [5.41, 5.74) is 7.07. The maximum atomic E-state index is 5.98. The van der Waals surface area contributed by atoms with Crippen LogP contribution in [0.3, 0.4) is 0 Å². The lowest BCUT2D eigenvalue weighted by Crippen LogP contribution is -2.41. The van der Waals surface area contributed by atoms with E-state index in [2.05, 4.69) is 16.9 Å². The number of nitrogens with zero attached hydrogens (tertiary/aromatic N) is 1. The van der Waals surface area contributed by atoms with Crippen LogP contribution in [0.4, 0.5) is 0 Å². The van der Waals surface area contributed by atoms with Gasteiger partial charge in [-0.2, -0.15) is 0 Å². The highest BCUT2D eigenvalue weighted by Crippen LogP contribution is 2.25. The van der Waals surface area contributed by atoms with E-state index in [1.54, 1.807) is 0 Å². The molecule has 0 aromatic carbocycles. The zero-order valence-corrected chi connectivity index (χ0v) is 14.8. The lowest BCUT2D eigenvalue weighted by molar-refractivity contribution is 0.120. The van der Waals surface area contributed by atoms with Gasteiger partial charge in [-0.05, 0) is 26.2 Å². The Balaban J connectivity index is 0.00000200. The highest BCUT2D eigenvalue weighted by Gasteiger charge is 2.28. The van der Waals surface area contributed by atoms with Crippen molar-refractivity contribution in [3.63, 3.8) is 0 Å². The number of aliphatic imine (C=N–C) groups is 1. The molecule has 1 aliphatic carbocycles. The second-order valence-electron chi connectivity index (χ2n) is 5.89. The maximum absolute atomic E-state index is 5.98. The van der Waals surface area contributed by atoms with Crippen LogP contribution < -0.4 is 11.1 Å². The van der Waals surface area contributed by atoms with Crippen molar-refractivity contribution < 1.29 is 4.74 Å². The summed E-state index contributed by atoms with van der Waals surface area (Å²) in [6.07, 6.45) is 7.62. The Kier molecular flexibility index (Phi) is 7.87. The number of ether oxygens (including phenoxy) is 1. The first-order valence-corrected chi connectivity index (χ1v) is 7.50. The van der Waals surface area contributed by atoms with Gasteiger partial charge in [0.25, 0.3) is 0 Å². The Morgan fingerprint density at radius 2 is 2.00 bits per heavy atom. The topological polar surface area (TPSA) is 59.6 Å². The summed E-state index contributed by atoms with van der Waals surface area (Å²) < 4.78 is 5.68. The smallest absolute Gasteiger partial charge is 0.188 e. The number of rotatable bonds is 4. The van der Waals surface area contributed by atoms with Crippen LogP contribution >= 0.6 is 24.0 Å². The molecule has 0 aromatic heterocycles. The molecule has 1 saturated carbocycles. The van der Waals surface area contributed by atoms with Crippen LogP contribution in [0.15, 0.2) is 17.1 Å². The molecule has 1 heterocycles. The molecule has 0 spiro atoms. The van der Waals surface area contributed by atoms with Gasteiger partial charge in [-0.3, -0.25) is 4.99 Å². The zero-order chi connectivity index (χ0) is 13.7. The van der Waals surface area contributed by atoms with Crippen LogP contribution in [-0.4, -0.2) is 31.3 Å². The van der Waals surface area contributed by atoms with Gasteiger partial charge >= 0.3 is 0 Å². The second kappa shape index (κ2) is 8.87. The summed E-state index contributed by atoms with van der Waals surface area (Å²) in [7, 11) is 0. The molecule has 20 heavy (non-hydrogen) atoms. The van der Waals surface area contributed by atoms with E-state index in [1.807, 2.05) is 6.92 Å². The van der Waals surface area contributed by atoms with Gasteiger partial charge in [0.15, 0.2) is 5.96 Å². The van der Waals surface area contributed by atoms with E-state index in [-0.39, 0.29) is 30.1 Å². The Bertz CT molecular complexity index is 340. The summed E-state index contributed by atoms with van der Waals surface area (Å²) in [6, 6.07) is 0.522. The normalized spacial score (nSPS) is 27.9. The number of hydrogen-bond acceptors (Lipinski definition) is 2. The molecule has 3 N–H and O–H groups in total. The Morgan fingerprint density at radius 3 is 2.65 bits per heavy atom. The Hall–Kier alpha value is -0.300. The first kappa shape index (κ1) is 17.8. The van der Waals surface area contributed by atoms with E-state index in [9.17, 15) is 0 Å². The predicted octanol–water partition coefficient (Wildman–Crippen LogP) is 2.82. The summed E-state index contributed by atoms with van der Waals surface area (Å²) in [5, 5.41) is 3.35. The molecular formula is C15H28IN3O. The fourth-order valence-corrected chi connectivity index (χ4v) is 3.08. The van der Waals surface area contributed by atoms with Crippen molar-refractivity contribution in [3.8, 4) is 0 Å². The molecule has 1 aliphatic heterocycles. The molecular weight excluding hydrogens is 365 g/mol. The largest absolute Gasteiger partial charge is 0.374 e. The van der Waals surface area contributed by atoms with Gasteiger partial charge in [-0.1, -0.05) is 31.4 Å². The van der Waals surface area contributed by atoms with E-state index in [1.165, 1.54) is 32.1 Å². The predicted molar refractivity (Wildman–Crippen MR) is 94.6 cm³/mol. The van der Waals surface area contributed by atoms with Crippen LogP contribution in [0.1, 0.15) is 45.4 Å². The van der Waals surface area contributed by atoms with Gasteiger partial charge < -0.3 is 15.8 Å². The highest BCUT2D eigenvalue weighted by atomic mass is 127. The monoisotopic (exact) mass is 393 g/mol. The molecule has 2 rings (SSSR count). The summed E-state index contributed by atoms with van der Waals surface area (Å²) in [6.45, 7) is 7.56. The number of halogens is 1. The van der Waals surface area contributed by atoms with Crippen molar-refractivity contribution in [3.05, 3.63) is 12.2 Å². The molecule has 2 fully saturated rings. The van der Waals surface area contributed by atoms with Gasteiger partial charge in [0.2, 0.25) is 0 Å². The molecule has 0 aromatic rings. The fraction of sp³-hybridized carbons (Fsp3) is 0.800. The fourth-order valence-electron chi connectivity index (χ4n) is 3.08. The van der Waals surface area contributed by atoms with Crippen molar-refractivity contribution in [2.45, 2.75) is 57.6 Å². The van der Waals surface area contributed by atoms with Crippen LogP contribution in [0.5, 0.6) is 0 Å². The van der Waals surface area contributed by atoms with E-state index in [0.717, 1.165) is 25.1 Å². The number of nitrogens with two attached hydrogens (primary N) is 1. The summed E-state index contributed by atoms with van der Waals surface area (Å²) >= 11 is 0.